The zero-order valence-electron chi connectivity index (χ0n) is 13.0. The van der Waals surface area contributed by atoms with E-state index in [4.69, 9.17) is 0 Å². The summed E-state index contributed by atoms with van der Waals surface area (Å²) in [4.78, 5) is 28.1. The van der Waals surface area contributed by atoms with E-state index in [0.717, 1.165) is 12.2 Å². The normalized spacial score (nSPS) is 15.2. The van der Waals surface area contributed by atoms with E-state index in [1.54, 1.807) is 18.5 Å². The van der Waals surface area contributed by atoms with Crippen molar-refractivity contribution in [3.8, 4) is 10.8 Å². The van der Waals surface area contributed by atoms with Crippen LogP contribution in [0.1, 0.15) is 41.0 Å². The number of amides is 1. The third-order valence-electron chi connectivity index (χ3n) is 4.10. The molecule has 0 atom stereocenters. The van der Waals surface area contributed by atoms with Crippen molar-refractivity contribution in [3.63, 3.8) is 0 Å². The molecule has 0 N–H and O–H groups in total. The first-order chi connectivity index (χ1) is 10.6. The maximum absolute atomic E-state index is 12.7. The van der Waals surface area contributed by atoms with Crippen LogP contribution in [0.25, 0.3) is 10.8 Å². The molecule has 0 radical (unpaired) electrons. The van der Waals surface area contributed by atoms with Crippen LogP contribution in [0.2, 0.25) is 0 Å². The number of carbonyl (C=O) groups is 1. The molecule has 0 spiro atoms. The summed E-state index contributed by atoms with van der Waals surface area (Å²) in [5.41, 5.74) is 0.760. The van der Waals surface area contributed by atoms with Gasteiger partial charge in [0.1, 0.15) is 4.88 Å². The van der Waals surface area contributed by atoms with E-state index in [0.29, 0.717) is 21.6 Å². The van der Waals surface area contributed by atoms with Crippen molar-refractivity contribution in [2.24, 2.45) is 5.92 Å². The molecule has 2 aromatic heterocycles. The Morgan fingerprint density at radius 2 is 2.00 bits per heavy atom. The van der Waals surface area contributed by atoms with Crippen molar-refractivity contribution in [2.45, 2.75) is 32.6 Å². The molecule has 3 rings (SSSR count). The lowest BCUT2D eigenvalue weighted by Gasteiger charge is -2.20. The standard InChI is InChI=1S/C16H20N4OS/c1-11-13(16(21)20(2)10-12-6-3-4-7-12)22-15(19-11)14-17-8-5-9-18-14/h5,8-9,12H,3-4,6-7,10H2,1-2H3. The van der Waals surface area contributed by atoms with Crippen molar-refractivity contribution in [3.05, 3.63) is 29.0 Å². The van der Waals surface area contributed by atoms with Gasteiger partial charge in [0.05, 0.1) is 5.69 Å². The van der Waals surface area contributed by atoms with Crippen LogP contribution in [0.3, 0.4) is 0 Å². The second kappa shape index (κ2) is 6.52. The molecular weight excluding hydrogens is 296 g/mol. The Labute approximate surface area is 134 Å². The van der Waals surface area contributed by atoms with E-state index in [2.05, 4.69) is 15.0 Å². The fraction of sp³-hybridized carbons (Fsp3) is 0.500. The summed E-state index contributed by atoms with van der Waals surface area (Å²) < 4.78 is 0. The Hall–Kier alpha value is -1.82. The lowest BCUT2D eigenvalue weighted by atomic mass is 10.1. The SMILES string of the molecule is Cc1nc(-c2ncccn2)sc1C(=O)N(C)CC1CCCC1. The van der Waals surface area contributed by atoms with Gasteiger partial charge in [-0.15, -0.1) is 11.3 Å². The van der Waals surface area contributed by atoms with Crippen molar-refractivity contribution >= 4 is 17.2 Å². The van der Waals surface area contributed by atoms with Crippen LogP contribution < -0.4 is 0 Å². The second-order valence-corrected chi connectivity index (χ2v) is 6.84. The molecule has 0 aliphatic heterocycles. The largest absolute Gasteiger partial charge is 0.341 e. The van der Waals surface area contributed by atoms with Crippen molar-refractivity contribution < 1.29 is 4.79 Å². The van der Waals surface area contributed by atoms with Crippen LogP contribution in [-0.4, -0.2) is 39.4 Å². The molecule has 1 fully saturated rings. The highest BCUT2D eigenvalue weighted by Crippen LogP contribution is 2.28. The predicted octanol–water partition coefficient (Wildman–Crippen LogP) is 3.17. The molecule has 116 valence electrons. The van der Waals surface area contributed by atoms with E-state index in [1.165, 1.54) is 37.0 Å². The fourth-order valence-corrected chi connectivity index (χ4v) is 3.95. The van der Waals surface area contributed by atoms with Crippen molar-refractivity contribution in [1.29, 1.82) is 0 Å². The Bertz CT molecular complexity index is 649. The summed E-state index contributed by atoms with van der Waals surface area (Å²) in [5, 5.41) is 0.704. The Morgan fingerprint density at radius 1 is 1.32 bits per heavy atom. The monoisotopic (exact) mass is 316 g/mol. The minimum absolute atomic E-state index is 0.0593. The van der Waals surface area contributed by atoms with Gasteiger partial charge in [0.15, 0.2) is 10.8 Å². The summed E-state index contributed by atoms with van der Waals surface area (Å²) in [6.45, 7) is 2.72. The molecule has 1 aliphatic rings. The zero-order valence-corrected chi connectivity index (χ0v) is 13.8. The average Bonchev–Trinajstić information content (AvgIpc) is 3.17. The van der Waals surface area contributed by atoms with Gasteiger partial charge in [-0.3, -0.25) is 4.79 Å². The Kier molecular flexibility index (Phi) is 4.47. The van der Waals surface area contributed by atoms with Gasteiger partial charge in [-0.1, -0.05) is 12.8 Å². The smallest absolute Gasteiger partial charge is 0.265 e. The van der Waals surface area contributed by atoms with E-state index in [1.807, 2.05) is 18.9 Å². The summed E-state index contributed by atoms with van der Waals surface area (Å²) >= 11 is 1.38. The maximum Gasteiger partial charge on any atom is 0.265 e. The van der Waals surface area contributed by atoms with Crippen LogP contribution >= 0.6 is 11.3 Å². The number of thiazole rings is 1. The Morgan fingerprint density at radius 3 is 2.68 bits per heavy atom. The van der Waals surface area contributed by atoms with E-state index in [-0.39, 0.29) is 5.91 Å². The first-order valence-electron chi connectivity index (χ1n) is 7.65. The number of aryl methyl sites for hydroxylation is 1. The number of aromatic nitrogens is 3. The van der Waals surface area contributed by atoms with Crippen LogP contribution in [-0.2, 0) is 0 Å². The summed E-state index contributed by atoms with van der Waals surface area (Å²) in [6.07, 6.45) is 8.44. The van der Waals surface area contributed by atoms with Gasteiger partial charge >= 0.3 is 0 Å². The van der Waals surface area contributed by atoms with Crippen molar-refractivity contribution in [2.75, 3.05) is 13.6 Å². The minimum Gasteiger partial charge on any atom is -0.341 e. The van der Waals surface area contributed by atoms with Gasteiger partial charge in [0.2, 0.25) is 0 Å². The molecule has 2 heterocycles. The van der Waals surface area contributed by atoms with Gasteiger partial charge in [-0.2, -0.15) is 0 Å². The molecule has 0 aromatic carbocycles. The minimum atomic E-state index is 0.0593. The van der Waals surface area contributed by atoms with Gasteiger partial charge in [0, 0.05) is 26.0 Å². The fourth-order valence-electron chi connectivity index (χ4n) is 2.94. The second-order valence-electron chi connectivity index (χ2n) is 5.84. The average molecular weight is 316 g/mol. The third-order valence-corrected chi connectivity index (χ3v) is 5.24. The molecule has 5 nitrogen and oxygen atoms in total. The number of carbonyl (C=O) groups excluding carboxylic acids is 1. The van der Waals surface area contributed by atoms with Gasteiger partial charge in [-0.25, -0.2) is 15.0 Å². The summed E-state index contributed by atoms with van der Waals surface area (Å²) in [7, 11) is 1.89. The Balaban J connectivity index is 1.76. The van der Waals surface area contributed by atoms with Crippen LogP contribution in [0.4, 0.5) is 0 Å². The number of hydrogen-bond donors (Lipinski definition) is 0. The van der Waals surface area contributed by atoms with E-state index in [9.17, 15) is 4.79 Å². The number of rotatable bonds is 4. The summed E-state index contributed by atoms with van der Waals surface area (Å²) in [6, 6.07) is 1.77. The van der Waals surface area contributed by atoms with Crippen LogP contribution in [0, 0.1) is 12.8 Å². The van der Waals surface area contributed by atoms with Crippen molar-refractivity contribution in [1.82, 2.24) is 19.9 Å². The highest BCUT2D eigenvalue weighted by Gasteiger charge is 2.24. The molecule has 0 saturated heterocycles. The number of hydrogen-bond acceptors (Lipinski definition) is 5. The maximum atomic E-state index is 12.7. The quantitative estimate of drug-likeness (QED) is 0.869. The molecule has 0 unspecified atom stereocenters. The van der Waals surface area contributed by atoms with E-state index >= 15 is 0 Å². The van der Waals surface area contributed by atoms with Crippen LogP contribution in [0.15, 0.2) is 18.5 Å². The highest BCUT2D eigenvalue weighted by atomic mass is 32.1. The third kappa shape index (κ3) is 3.16. The molecular formula is C16H20N4OS. The van der Waals surface area contributed by atoms with Gasteiger partial charge in [0.25, 0.3) is 5.91 Å². The zero-order chi connectivity index (χ0) is 15.5. The summed E-state index contributed by atoms with van der Waals surface area (Å²) in [5.74, 6) is 1.29. The van der Waals surface area contributed by atoms with Gasteiger partial charge in [-0.05, 0) is 31.7 Å². The number of nitrogens with zero attached hydrogens (tertiary/aromatic N) is 4. The van der Waals surface area contributed by atoms with Crippen LogP contribution in [0.5, 0.6) is 0 Å². The lowest BCUT2D eigenvalue weighted by Crippen LogP contribution is -2.31. The molecule has 2 aromatic rings. The van der Waals surface area contributed by atoms with E-state index < -0.39 is 0 Å². The molecule has 22 heavy (non-hydrogen) atoms. The highest BCUT2D eigenvalue weighted by molar-refractivity contribution is 7.17. The first kappa shape index (κ1) is 15.1. The first-order valence-corrected chi connectivity index (χ1v) is 8.47. The molecule has 1 saturated carbocycles. The topological polar surface area (TPSA) is 59.0 Å². The van der Waals surface area contributed by atoms with Gasteiger partial charge < -0.3 is 4.90 Å². The molecule has 6 heteroatoms. The molecule has 1 aliphatic carbocycles. The molecule has 0 bridgehead atoms. The lowest BCUT2D eigenvalue weighted by molar-refractivity contribution is 0.0777. The molecule has 1 amide bonds. The predicted molar refractivity (Wildman–Crippen MR) is 86.8 cm³/mol.